The molecule has 0 bridgehead atoms. The Morgan fingerprint density at radius 2 is 1.60 bits per heavy atom. The van der Waals surface area contributed by atoms with Crippen LogP contribution in [0.5, 0.6) is 0 Å². The van der Waals surface area contributed by atoms with Crippen molar-refractivity contribution in [3.8, 4) is 0 Å². The summed E-state index contributed by atoms with van der Waals surface area (Å²) >= 11 is 0. The van der Waals surface area contributed by atoms with Crippen molar-refractivity contribution < 1.29 is 0 Å². The van der Waals surface area contributed by atoms with Crippen molar-refractivity contribution in [2.24, 2.45) is 0 Å². The highest BCUT2D eigenvalue weighted by Gasteiger charge is 2.23. The lowest BCUT2D eigenvalue weighted by Crippen LogP contribution is -2.12. The van der Waals surface area contributed by atoms with Gasteiger partial charge in [0.25, 0.3) is 0 Å². The van der Waals surface area contributed by atoms with Crippen LogP contribution >= 0.6 is 0 Å². The number of rotatable bonds is 1. The Kier molecular flexibility index (Phi) is 2.43. The van der Waals surface area contributed by atoms with E-state index in [2.05, 4.69) is 20.8 Å². The lowest BCUT2D eigenvalue weighted by molar-refractivity contribution is 0.716. The summed E-state index contributed by atoms with van der Waals surface area (Å²) in [5.74, 6) is 1.06. The van der Waals surface area contributed by atoms with E-state index in [1.165, 1.54) is 33.0 Å². The Morgan fingerprint density at radius 3 is 2.00 bits per heavy atom. The number of hydrogen-bond donors (Lipinski definition) is 0. The van der Waals surface area contributed by atoms with Crippen LogP contribution in [0.25, 0.3) is 0 Å². The van der Waals surface area contributed by atoms with Crippen molar-refractivity contribution in [1.82, 2.24) is 0 Å². The van der Waals surface area contributed by atoms with E-state index in [4.69, 9.17) is 0 Å². The maximum atomic E-state index is 2.35. The van der Waals surface area contributed by atoms with Gasteiger partial charge in [0.05, 0.1) is 0 Å². The van der Waals surface area contributed by atoms with Gasteiger partial charge < -0.3 is 0 Å². The summed E-state index contributed by atoms with van der Waals surface area (Å²) in [4.78, 5) is 0. The third-order valence-electron chi connectivity index (χ3n) is 2.38. The lowest BCUT2D eigenvalue weighted by atomic mass is 9.47. The van der Waals surface area contributed by atoms with Gasteiger partial charge >= 0.3 is 0 Å². The maximum absolute atomic E-state index is 2.35. The molecular weight excluding hydrogens is 119 g/mol. The summed E-state index contributed by atoms with van der Waals surface area (Å²) in [6, 6.07) is 0. The zero-order valence-electron chi connectivity index (χ0n) is 7.61. The summed E-state index contributed by atoms with van der Waals surface area (Å²) in [5.41, 5.74) is 0. The standard InChI is InChI=1S/C9H19B/c1-9(2,3)10-8-6-4-5-7-8/h8,10H,4-7H2,1-3H3. The van der Waals surface area contributed by atoms with E-state index in [1.807, 2.05) is 0 Å². The van der Waals surface area contributed by atoms with Gasteiger partial charge in [-0.15, -0.1) is 0 Å². The van der Waals surface area contributed by atoms with E-state index in [9.17, 15) is 0 Å². The van der Waals surface area contributed by atoms with E-state index in [-0.39, 0.29) is 0 Å². The molecule has 0 unspecified atom stereocenters. The predicted octanol–water partition coefficient (Wildman–Crippen LogP) is 3.00. The van der Waals surface area contributed by atoms with Crippen LogP contribution in [0.1, 0.15) is 46.5 Å². The van der Waals surface area contributed by atoms with Gasteiger partial charge in [-0.25, -0.2) is 0 Å². The van der Waals surface area contributed by atoms with Gasteiger partial charge in [0.15, 0.2) is 0 Å². The summed E-state index contributed by atoms with van der Waals surface area (Å²) < 4.78 is 0. The van der Waals surface area contributed by atoms with Crippen molar-refractivity contribution in [3.05, 3.63) is 0 Å². The average molecular weight is 138 g/mol. The SMILES string of the molecule is CC(C)(C)BC1CCCC1. The first-order valence-corrected chi connectivity index (χ1v) is 4.58. The van der Waals surface area contributed by atoms with Gasteiger partial charge in [-0.2, -0.15) is 0 Å². The minimum absolute atomic E-state index is 0.564. The Labute approximate surface area is 65.6 Å². The van der Waals surface area contributed by atoms with Crippen LogP contribution < -0.4 is 0 Å². The smallest absolute Gasteiger partial charge is 0.0671 e. The molecule has 1 rings (SSSR count). The van der Waals surface area contributed by atoms with Crippen molar-refractivity contribution in [3.63, 3.8) is 0 Å². The Hall–Kier alpha value is 0.0649. The molecule has 10 heavy (non-hydrogen) atoms. The number of hydrogen-bond acceptors (Lipinski definition) is 0. The van der Waals surface area contributed by atoms with Crippen molar-refractivity contribution >= 4 is 7.28 Å². The van der Waals surface area contributed by atoms with Gasteiger partial charge in [-0.1, -0.05) is 57.6 Å². The van der Waals surface area contributed by atoms with Gasteiger partial charge in [-0.05, 0) is 0 Å². The second-order valence-electron chi connectivity index (χ2n) is 4.92. The third-order valence-corrected chi connectivity index (χ3v) is 2.38. The van der Waals surface area contributed by atoms with Crippen molar-refractivity contribution in [2.45, 2.75) is 57.6 Å². The summed E-state index contributed by atoms with van der Waals surface area (Å²) in [5, 5.41) is 0.564. The molecule has 0 aliphatic heterocycles. The Bertz CT molecular complexity index is 95.8. The molecule has 0 aromatic rings. The van der Waals surface area contributed by atoms with E-state index >= 15 is 0 Å². The zero-order chi connectivity index (χ0) is 7.61. The fourth-order valence-corrected chi connectivity index (χ4v) is 2.08. The second kappa shape index (κ2) is 2.98. The Balaban J connectivity index is 2.24. The normalized spacial score (nSPS) is 21.5. The molecular formula is C9H19B. The van der Waals surface area contributed by atoms with Crippen LogP contribution in [0.3, 0.4) is 0 Å². The molecule has 0 atom stereocenters. The molecule has 58 valence electrons. The van der Waals surface area contributed by atoms with Crippen molar-refractivity contribution in [1.29, 1.82) is 0 Å². The molecule has 1 aliphatic carbocycles. The van der Waals surface area contributed by atoms with Gasteiger partial charge in [0.1, 0.15) is 7.28 Å². The molecule has 1 heteroatoms. The van der Waals surface area contributed by atoms with Gasteiger partial charge in [-0.3, -0.25) is 0 Å². The van der Waals surface area contributed by atoms with E-state index in [1.54, 1.807) is 0 Å². The molecule has 0 amide bonds. The fourth-order valence-electron chi connectivity index (χ4n) is 2.08. The molecule has 0 radical (unpaired) electrons. The van der Waals surface area contributed by atoms with E-state index < -0.39 is 0 Å². The molecule has 0 N–H and O–H groups in total. The minimum atomic E-state index is 0.564. The first-order chi connectivity index (χ1) is 4.58. The van der Waals surface area contributed by atoms with Gasteiger partial charge in [0.2, 0.25) is 0 Å². The quantitative estimate of drug-likeness (QED) is 0.488. The van der Waals surface area contributed by atoms with Crippen LogP contribution in [0, 0.1) is 0 Å². The molecule has 0 aromatic heterocycles. The topological polar surface area (TPSA) is 0 Å². The van der Waals surface area contributed by atoms with E-state index in [0.717, 1.165) is 5.82 Å². The average Bonchev–Trinajstić information content (AvgIpc) is 2.12. The second-order valence-corrected chi connectivity index (χ2v) is 4.92. The Morgan fingerprint density at radius 1 is 1.10 bits per heavy atom. The zero-order valence-corrected chi connectivity index (χ0v) is 7.61. The first kappa shape index (κ1) is 8.16. The van der Waals surface area contributed by atoms with Crippen LogP contribution in [0.15, 0.2) is 0 Å². The molecule has 1 saturated carbocycles. The van der Waals surface area contributed by atoms with Crippen LogP contribution in [0.4, 0.5) is 0 Å². The van der Waals surface area contributed by atoms with Crippen LogP contribution in [-0.4, -0.2) is 7.28 Å². The first-order valence-electron chi connectivity index (χ1n) is 4.58. The molecule has 0 nitrogen and oxygen atoms in total. The summed E-state index contributed by atoms with van der Waals surface area (Å²) in [6.45, 7) is 7.06. The molecule has 1 aliphatic rings. The highest BCUT2D eigenvalue weighted by Crippen LogP contribution is 2.36. The largest absolute Gasteiger partial charge is 0.130 e. The molecule has 0 heterocycles. The summed E-state index contributed by atoms with van der Waals surface area (Å²) in [6.07, 6.45) is 5.97. The van der Waals surface area contributed by atoms with E-state index in [0.29, 0.717) is 5.31 Å². The molecule has 0 saturated heterocycles. The monoisotopic (exact) mass is 138 g/mol. The lowest BCUT2D eigenvalue weighted by Gasteiger charge is -2.20. The highest BCUT2D eigenvalue weighted by atomic mass is 14.1. The van der Waals surface area contributed by atoms with Crippen LogP contribution in [-0.2, 0) is 0 Å². The van der Waals surface area contributed by atoms with Crippen molar-refractivity contribution in [2.75, 3.05) is 0 Å². The third kappa shape index (κ3) is 2.77. The molecule has 1 fully saturated rings. The molecule has 0 aromatic carbocycles. The van der Waals surface area contributed by atoms with Crippen LogP contribution in [0.2, 0.25) is 11.1 Å². The molecule has 0 spiro atoms. The highest BCUT2D eigenvalue weighted by molar-refractivity contribution is 6.41. The maximum Gasteiger partial charge on any atom is 0.130 e. The minimum Gasteiger partial charge on any atom is -0.0671 e. The summed E-state index contributed by atoms with van der Waals surface area (Å²) in [7, 11) is 1.44. The van der Waals surface area contributed by atoms with Gasteiger partial charge in [0, 0.05) is 0 Å². The predicted molar refractivity (Wildman–Crippen MR) is 49.1 cm³/mol. The fraction of sp³-hybridized carbons (Fsp3) is 1.00.